The zero-order chi connectivity index (χ0) is 10.9. The summed E-state index contributed by atoms with van der Waals surface area (Å²) in [6, 6.07) is 1.41. The first-order chi connectivity index (χ1) is 6.49. The highest BCUT2D eigenvalue weighted by Gasteiger charge is 2.21. The lowest BCUT2D eigenvalue weighted by Crippen LogP contribution is -2.03. The second-order valence-corrected chi connectivity index (χ2v) is 2.64. The normalized spacial score (nSPS) is 9.64. The van der Waals surface area contributed by atoms with Crippen LogP contribution >= 0.6 is 11.6 Å². The molecule has 0 radical (unpaired) electrons. The lowest BCUT2D eigenvalue weighted by Gasteiger charge is -2.01. The third-order valence-corrected chi connectivity index (χ3v) is 1.68. The fourth-order valence-electron chi connectivity index (χ4n) is 0.845. The quantitative estimate of drug-likeness (QED) is 0.537. The Balaban J connectivity index is 3.61. The summed E-state index contributed by atoms with van der Waals surface area (Å²) < 4.78 is 38.4. The molecule has 0 spiro atoms. The van der Waals surface area contributed by atoms with E-state index in [-0.39, 0.29) is 0 Å². The van der Waals surface area contributed by atoms with Gasteiger partial charge in [-0.05, 0) is 17.7 Å². The zero-order valence-electron chi connectivity index (χ0n) is 6.44. The Morgan fingerprint density at radius 3 is 2.36 bits per heavy atom. The van der Waals surface area contributed by atoms with Crippen LogP contribution in [0.15, 0.2) is 6.07 Å². The second kappa shape index (κ2) is 3.68. The number of benzene rings is 1. The maximum absolute atomic E-state index is 13.0. The highest BCUT2D eigenvalue weighted by atomic mass is 35.5. The van der Waals surface area contributed by atoms with Crippen LogP contribution in [0.4, 0.5) is 13.2 Å². The molecule has 1 aromatic rings. The zero-order valence-corrected chi connectivity index (χ0v) is 7.20. The predicted octanol–water partition coefficient (Wildman–Crippen LogP) is 2.35. The van der Waals surface area contributed by atoms with E-state index in [0.717, 1.165) is 6.07 Å². The first-order valence-electron chi connectivity index (χ1n) is 3.26. The summed E-state index contributed by atoms with van der Waals surface area (Å²) in [5, 5.41) is 6.99. The van der Waals surface area contributed by atoms with Gasteiger partial charge in [0.25, 0.3) is 5.24 Å². The van der Waals surface area contributed by atoms with Crippen molar-refractivity contribution in [2.45, 2.75) is 0 Å². The van der Waals surface area contributed by atoms with Gasteiger partial charge in [-0.15, -0.1) is 0 Å². The van der Waals surface area contributed by atoms with Gasteiger partial charge in [-0.3, -0.25) is 4.79 Å². The summed E-state index contributed by atoms with van der Waals surface area (Å²) in [6.45, 7) is 0. The van der Waals surface area contributed by atoms with Crippen LogP contribution in [0, 0.1) is 28.8 Å². The molecule has 0 saturated heterocycles. The van der Waals surface area contributed by atoms with Gasteiger partial charge >= 0.3 is 0 Å². The Kier molecular flexibility index (Phi) is 2.77. The first-order valence-corrected chi connectivity index (χ1v) is 3.64. The van der Waals surface area contributed by atoms with Crippen LogP contribution in [0.25, 0.3) is 0 Å². The highest BCUT2D eigenvalue weighted by molar-refractivity contribution is 6.67. The molecule has 2 nitrogen and oxygen atoms in total. The molecule has 0 atom stereocenters. The standard InChI is InChI=1S/C8HClF3NO/c9-8(14)3-1-5(10)7(12)4(2-13)6(3)11/h1H. The number of hydrogen-bond acceptors (Lipinski definition) is 2. The Morgan fingerprint density at radius 2 is 1.93 bits per heavy atom. The largest absolute Gasteiger partial charge is 0.275 e. The van der Waals surface area contributed by atoms with E-state index < -0.39 is 33.8 Å². The maximum Gasteiger partial charge on any atom is 0.255 e. The molecule has 0 aromatic heterocycles. The van der Waals surface area contributed by atoms with Crippen LogP contribution in [-0.2, 0) is 0 Å². The van der Waals surface area contributed by atoms with Gasteiger partial charge in [0.15, 0.2) is 17.5 Å². The van der Waals surface area contributed by atoms with Crippen molar-refractivity contribution in [1.82, 2.24) is 0 Å². The molecule has 0 unspecified atom stereocenters. The third-order valence-electron chi connectivity index (χ3n) is 1.48. The summed E-state index contributed by atoms with van der Waals surface area (Å²) in [5.74, 6) is -4.58. The lowest BCUT2D eigenvalue weighted by molar-refractivity contribution is 0.107. The number of halogens is 4. The van der Waals surface area contributed by atoms with E-state index in [1.54, 1.807) is 0 Å². The van der Waals surface area contributed by atoms with Gasteiger partial charge in [0.2, 0.25) is 0 Å². The van der Waals surface area contributed by atoms with Gasteiger partial charge in [0.05, 0.1) is 5.56 Å². The Hall–Kier alpha value is -1.54. The average Bonchev–Trinajstić information content (AvgIpc) is 2.12. The van der Waals surface area contributed by atoms with Gasteiger partial charge in [-0.2, -0.15) is 5.26 Å². The third kappa shape index (κ3) is 1.56. The molecule has 0 amide bonds. The van der Waals surface area contributed by atoms with E-state index in [4.69, 9.17) is 16.9 Å². The minimum Gasteiger partial charge on any atom is -0.275 e. The monoisotopic (exact) mass is 219 g/mol. The van der Waals surface area contributed by atoms with E-state index in [1.807, 2.05) is 0 Å². The van der Waals surface area contributed by atoms with E-state index in [9.17, 15) is 18.0 Å². The second-order valence-electron chi connectivity index (χ2n) is 2.29. The van der Waals surface area contributed by atoms with Crippen LogP contribution in [0.2, 0.25) is 0 Å². The van der Waals surface area contributed by atoms with Gasteiger partial charge in [-0.1, -0.05) is 0 Å². The van der Waals surface area contributed by atoms with Crippen molar-refractivity contribution in [1.29, 1.82) is 5.26 Å². The van der Waals surface area contributed by atoms with Gasteiger partial charge in [-0.25, -0.2) is 13.2 Å². The Labute approximate surface area is 81.5 Å². The van der Waals surface area contributed by atoms with Crippen molar-refractivity contribution in [3.05, 3.63) is 34.6 Å². The minimum absolute atomic E-state index is 0.306. The lowest BCUT2D eigenvalue weighted by atomic mass is 10.1. The van der Waals surface area contributed by atoms with E-state index in [2.05, 4.69) is 0 Å². The van der Waals surface area contributed by atoms with Crippen molar-refractivity contribution in [2.24, 2.45) is 0 Å². The van der Waals surface area contributed by atoms with Crippen LogP contribution in [0.3, 0.4) is 0 Å². The average molecular weight is 220 g/mol. The predicted molar refractivity (Wildman–Crippen MR) is 41.2 cm³/mol. The van der Waals surface area contributed by atoms with Crippen molar-refractivity contribution >= 4 is 16.8 Å². The van der Waals surface area contributed by atoms with Gasteiger partial charge < -0.3 is 0 Å². The maximum atomic E-state index is 13.0. The molecule has 14 heavy (non-hydrogen) atoms. The molecule has 6 heteroatoms. The van der Waals surface area contributed by atoms with Crippen LogP contribution in [0.5, 0.6) is 0 Å². The summed E-state index contributed by atoms with van der Waals surface area (Å²) in [4.78, 5) is 10.5. The topological polar surface area (TPSA) is 40.9 Å². The summed E-state index contributed by atoms with van der Waals surface area (Å²) in [5.41, 5.74) is -2.02. The molecule has 0 aliphatic heterocycles. The van der Waals surface area contributed by atoms with Crippen LogP contribution in [0.1, 0.15) is 15.9 Å². The first kappa shape index (κ1) is 10.5. The summed E-state index contributed by atoms with van der Waals surface area (Å²) in [7, 11) is 0. The molecule has 0 heterocycles. The molecule has 0 aliphatic carbocycles. The minimum atomic E-state index is -1.63. The number of carbonyl (C=O) groups is 1. The summed E-state index contributed by atoms with van der Waals surface area (Å²) in [6.07, 6.45) is 0. The van der Waals surface area contributed by atoms with E-state index in [1.165, 1.54) is 0 Å². The molecule has 0 fully saturated rings. The van der Waals surface area contributed by atoms with Crippen molar-refractivity contribution in [2.75, 3.05) is 0 Å². The van der Waals surface area contributed by atoms with Crippen molar-refractivity contribution < 1.29 is 18.0 Å². The molecule has 0 bridgehead atoms. The molecule has 1 aromatic carbocycles. The van der Waals surface area contributed by atoms with Crippen LogP contribution < -0.4 is 0 Å². The molecular weight excluding hydrogens is 219 g/mol. The molecule has 0 N–H and O–H groups in total. The van der Waals surface area contributed by atoms with Crippen LogP contribution in [-0.4, -0.2) is 5.24 Å². The number of hydrogen-bond donors (Lipinski definition) is 0. The van der Waals surface area contributed by atoms with Gasteiger partial charge in [0, 0.05) is 0 Å². The fourth-order valence-corrected chi connectivity index (χ4v) is 0.983. The Morgan fingerprint density at radius 1 is 1.36 bits per heavy atom. The Bertz CT molecular complexity index is 453. The van der Waals surface area contributed by atoms with Gasteiger partial charge in [0.1, 0.15) is 11.6 Å². The SMILES string of the molecule is N#Cc1c(F)c(F)cc(C(=O)Cl)c1F. The molecule has 1 rings (SSSR count). The van der Waals surface area contributed by atoms with Crippen molar-refractivity contribution in [3.8, 4) is 6.07 Å². The van der Waals surface area contributed by atoms with E-state index >= 15 is 0 Å². The molecule has 72 valence electrons. The molecular formula is C8HClF3NO. The van der Waals surface area contributed by atoms with E-state index in [0.29, 0.717) is 6.07 Å². The molecule has 0 aliphatic rings. The molecule has 0 saturated carbocycles. The summed E-state index contributed by atoms with van der Waals surface area (Å²) >= 11 is 4.88. The highest BCUT2D eigenvalue weighted by Crippen LogP contribution is 2.20. The number of nitrogens with zero attached hydrogens (tertiary/aromatic N) is 1. The fraction of sp³-hybridized carbons (Fsp3) is 0. The number of nitriles is 1. The number of carbonyl (C=O) groups excluding carboxylic acids is 1. The number of rotatable bonds is 1. The smallest absolute Gasteiger partial charge is 0.255 e. The van der Waals surface area contributed by atoms with Crippen molar-refractivity contribution in [3.63, 3.8) is 0 Å².